The van der Waals surface area contributed by atoms with Gasteiger partial charge < -0.3 is 9.30 Å². The normalized spacial score (nSPS) is 11.4. The molecule has 2 aromatic rings. The Morgan fingerprint density at radius 1 is 1.19 bits per heavy atom. The molecule has 2 rings (SSSR count). The van der Waals surface area contributed by atoms with Gasteiger partial charge in [0.2, 0.25) is 0 Å². The number of ketones is 1. The van der Waals surface area contributed by atoms with Crippen molar-refractivity contribution in [3.8, 4) is 5.75 Å². The van der Waals surface area contributed by atoms with Crippen molar-refractivity contribution in [1.29, 1.82) is 0 Å². The molecule has 0 saturated heterocycles. The van der Waals surface area contributed by atoms with Crippen LogP contribution in [0.1, 0.15) is 10.4 Å². The van der Waals surface area contributed by atoms with E-state index >= 15 is 0 Å². The lowest BCUT2D eigenvalue weighted by molar-refractivity contribution is -0.0885. The Labute approximate surface area is 127 Å². The molecule has 0 aliphatic heterocycles. The maximum atomic E-state index is 12.3. The van der Waals surface area contributed by atoms with E-state index in [2.05, 4.69) is 15.9 Å². The monoisotopic (exact) mass is 361 g/mol. The van der Waals surface area contributed by atoms with Crippen molar-refractivity contribution in [2.75, 3.05) is 6.61 Å². The van der Waals surface area contributed by atoms with Crippen LogP contribution in [0.4, 0.5) is 13.2 Å². The van der Waals surface area contributed by atoms with E-state index in [1.165, 1.54) is 17.0 Å². The number of halogens is 4. The summed E-state index contributed by atoms with van der Waals surface area (Å²) in [5, 5.41) is 0. The standard InChI is InChI=1S/C14H11BrF3NO2/c15-11-1-3-12(4-2-11)21-8-7-19-6-5-10(9-19)13(20)14(16,17)18/h1-6,9H,7-8H2. The molecular formula is C14H11BrF3NO2. The first-order chi connectivity index (χ1) is 9.86. The Balaban J connectivity index is 1.88. The fourth-order valence-corrected chi connectivity index (χ4v) is 1.94. The molecule has 0 bridgehead atoms. The summed E-state index contributed by atoms with van der Waals surface area (Å²) in [7, 11) is 0. The molecule has 0 fully saturated rings. The molecule has 0 N–H and O–H groups in total. The van der Waals surface area contributed by atoms with Gasteiger partial charge in [0.05, 0.1) is 6.54 Å². The zero-order valence-corrected chi connectivity index (χ0v) is 12.3. The number of hydrogen-bond acceptors (Lipinski definition) is 2. The zero-order chi connectivity index (χ0) is 15.5. The lowest BCUT2D eigenvalue weighted by Gasteiger charge is -2.07. The van der Waals surface area contributed by atoms with E-state index in [-0.39, 0.29) is 12.2 Å². The fraction of sp³-hybridized carbons (Fsp3) is 0.214. The molecule has 7 heteroatoms. The molecule has 0 unspecified atom stereocenters. The van der Waals surface area contributed by atoms with Crippen LogP contribution in [0.25, 0.3) is 0 Å². The minimum absolute atomic E-state index is 0.288. The van der Waals surface area contributed by atoms with E-state index in [1.54, 1.807) is 12.1 Å². The van der Waals surface area contributed by atoms with Crippen LogP contribution in [0.3, 0.4) is 0 Å². The summed E-state index contributed by atoms with van der Waals surface area (Å²) in [6.07, 6.45) is -2.26. The van der Waals surface area contributed by atoms with E-state index < -0.39 is 12.0 Å². The number of Topliss-reactive ketones (excluding diaryl/α,β-unsaturated/α-hetero) is 1. The van der Waals surface area contributed by atoms with Crippen LogP contribution in [0.2, 0.25) is 0 Å². The molecule has 21 heavy (non-hydrogen) atoms. The third-order valence-corrected chi connectivity index (χ3v) is 3.23. The van der Waals surface area contributed by atoms with Gasteiger partial charge in [0.15, 0.2) is 0 Å². The number of hydrogen-bond donors (Lipinski definition) is 0. The number of aromatic nitrogens is 1. The second kappa shape index (κ2) is 6.34. The Bertz CT molecular complexity index is 620. The van der Waals surface area contributed by atoms with Crippen molar-refractivity contribution >= 4 is 21.7 Å². The highest BCUT2D eigenvalue weighted by molar-refractivity contribution is 9.10. The number of ether oxygens (including phenoxy) is 1. The summed E-state index contributed by atoms with van der Waals surface area (Å²) < 4.78 is 44.7. The first-order valence-electron chi connectivity index (χ1n) is 6.02. The average Bonchev–Trinajstić information content (AvgIpc) is 2.88. The first-order valence-corrected chi connectivity index (χ1v) is 6.81. The fourth-order valence-electron chi connectivity index (χ4n) is 1.68. The highest BCUT2D eigenvalue weighted by atomic mass is 79.9. The molecule has 0 saturated carbocycles. The molecule has 3 nitrogen and oxygen atoms in total. The van der Waals surface area contributed by atoms with Gasteiger partial charge in [-0.25, -0.2) is 0 Å². The largest absolute Gasteiger partial charge is 0.492 e. The maximum absolute atomic E-state index is 12.3. The highest BCUT2D eigenvalue weighted by Crippen LogP contribution is 2.21. The van der Waals surface area contributed by atoms with Crippen molar-refractivity contribution in [3.05, 3.63) is 52.8 Å². The molecule has 0 spiro atoms. The van der Waals surface area contributed by atoms with Crippen LogP contribution in [0.5, 0.6) is 5.75 Å². The van der Waals surface area contributed by atoms with E-state index in [9.17, 15) is 18.0 Å². The minimum Gasteiger partial charge on any atom is -0.492 e. The van der Waals surface area contributed by atoms with Crippen molar-refractivity contribution in [3.63, 3.8) is 0 Å². The summed E-state index contributed by atoms with van der Waals surface area (Å²) in [6.45, 7) is 0.636. The van der Waals surface area contributed by atoms with Crippen LogP contribution in [0, 0.1) is 0 Å². The Kier molecular flexibility index (Phi) is 4.72. The van der Waals surface area contributed by atoms with Crippen molar-refractivity contribution in [1.82, 2.24) is 4.57 Å². The SMILES string of the molecule is O=C(c1ccn(CCOc2ccc(Br)cc2)c1)C(F)(F)F. The smallest absolute Gasteiger partial charge is 0.454 e. The number of rotatable bonds is 5. The summed E-state index contributed by atoms with van der Waals surface area (Å²) >= 11 is 3.30. The quantitative estimate of drug-likeness (QED) is 0.751. The number of alkyl halides is 3. The Morgan fingerprint density at radius 3 is 2.48 bits per heavy atom. The van der Waals surface area contributed by atoms with Gasteiger partial charge in [-0.05, 0) is 30.3 Å². The maximum Gasteiger partial charge on any atom is 0.454 e. The highest BCUT2D eigenvalue weighted by Gasteiger charge is 2.39. The number of nitrogens with zero attached hydrogens (tertiary/aromatic N) is 1. The summed E-state index contributed by atoms with van der Waals surface area (Å²) in [6, 6.07) is 8.35. The lowest BCUT2D eigenvalue weighted by atomic mass is 10.2. The van der Waals surface area contributed by atoms with Crippen LogP contribution in [0.15, 0.2) is 47.2 Å². The summed E-state index contributed by atoms with van der Waals surface area (Å²) in [4.78, 5) is 11.0. The topological polar surface area (TPSA) is 31.2 Å². The third-order valence-electron chi connectivity index (χ3n) is 2.70. The van der Waals surface area contributed by atoms with Gasteiger partial charge in [-0.1, -0.05) is 15.9 Å². The molecule has 0 radical (unpaired) electrons. The van der Waals surface area contributed by atoms with Crippen LogP contribution in [-0.4, -0.2) is 23.1 Å². The van der Waals surface area contributed by atoms with E-state index in [4.69, 9.17) is 4.74 Å². The van der Waals surface area contributed by atoms with Gasteiger partial charge in [-0.2, -0.15) is 13.2 Å². The van der Waals surface area contributed by atoms with Gasteiger partial charge in [0, 0.05) is 22.4 Å². The van der Waals surface area contributed by atoms with Crippen molar-refractivity contribution in [2.24, 2.45) is 0 Å². The van der Waals surface area contributed by atoms with E-state index in [0.717, 1.165) is 10.5 Å². The Hall–Kier alpha value is -1.76. The van der Waals surface area contributed by atoms with Gasteiger partial charge in [0.1, 0.15) is 12.4 Å². The molecular weight excluding hydrogens is 351 g/mol. The number of benzene rings is 1. The summed E-state index contributed by atoms with van der Waals surface area (Å²) in [5.41, 5.74) is -0.369. The van der Waals surface area contributed by atoms with Gasteiger partial charge >= 0.3 is 6.18 Å². The zero-order valence-electron chi connectivity index (χ0n) is 10.7. The van der Waals surface area contributed by atoms with Gasteiger partial charge in [0.25, 0.3) is 5.78 Å². The predicted octanol–water partition coefficient (Wildman–Crippen LogP) is 4.07. The van der Waals surface area contributed by atoms with Crippen molar-refractivity contribution < 1.29 is 22.7 Å². The van der Waals surface area contributed by atoms with Crippen molar-refractivity contribution in [2.45, 2.75) is 12.7 Å². The van der Waals surface area contributed by atoms with Gasteiger partial charge in [-0.3, -0.25) is 4.79 Å². The minimum atomic E-state index is -4.85. The third kappa shape index (κ3) is 4.35. The lowest BCUT2D eigenvalue weighted by Crippen LogP contribution is -2.22. The van der Waals surface area contributed by atoms with Crippen LogP contribution in [-0.2, 0) is 6.54 Å². The first kappa shape index (κ1) is 15.6. The second-order valence-corrected chi connectivity index (χ2v) is 5.18. The summed E-state index contributed by atoms with van der Waals surface area (Å²) in [5.74, 6) is -1.17. The number of carbonyl (C=O) groups is 1. The molecule has 1 aromatic heterocycles. The molecule has 0 aliphatic carbocycles. The molecule has 0 amide bonds. The molecule has 1 aromatic carbocycles. The predicted molar refractivity (Wildman–Crippen MR) is 74.5 cm³/mol. The van der Waals surface area contributed by atoms with Gasteiger partial charge in [-0.15, -0.1) is 0 Å². The number of carbonyl (C=O) groups excluding carboxylic acids is 1. The second-order valence-electron chi connectivity index (χ2n) is 4.27. The van der Waals surface area contributed by atoms with E-state index in [1.807, 2.05) is 12.1 Å². The van der Waals surface area contributed by atoms with Crippen LogP contribution < -0.4 is 4.74 Å². The average molecular weight is 362 g/mol. The van der Waals surface area contributed by atoms with E-state index in [0.29, 0.717) is 12.3 Å². The molecule has 1 heterocycles. The molecule has 112 valence electrons. The van der Waals surface area contributed by atoms with Crippen LogP contribution >= 0.6 is 15.9 Å². The Morgan fingerprint density at radius 2 is 1.86 bits per heavy atom. The molecule has 0 aliphatic rings. The molecule has 0 atom stereocenters.